The molecule has 7 nitrogen and oxygen atoms in total. The molecular formula is C32H30FN5O2. The third-order valence-corrected chi connectivity index (χ3v) is 7.52. The largest absolute Gasteiger partial charge is 0.508 e. The molecule has 202 valence electrons. The molecule has 1 atom stereocenters. The SMILES string of the molecule is Cc1cc(C(=O)NC(c2cc3ccccc3[nH]2)c2cc(F)ccc2O)cc(-c2ncc(C3CCNCC3)cn2)c1. The van der Waals surface area contributed by atoms with Gasteiger partial charge in [0.15, 0.2) is 5.82 Å². The fourth-order valence-electron chi connectivity index (χ4n) is 5.44. The van der Waals surface area contributed by atoms with Crippen LogP contribution in [-0.2, 0) is 0 Å². The van der Waals surface area contributed by atoms with Crippen molar-refractivity contribution in [2.75, 3.05) is 13.1 Å². The predicted molar refractivity (Wildman–Crippen MR) is 153 cm³/mol. The molecule has 0 saturated carbocycles. The van der Waals surface area contributed by atoms with Crippen molar-refractivity contribution in [3.63, 3.8) is 0 Å². The van der Waals surface area contributed by atoms with Crippen molar-refractivity contribution in [3.8, 4) is 17.1 Å². The van der Waals surface area contributed by atoms with E-state index < -0.39 is 11.9 Å². The zero-order chi connectivity index (χ0) is 27.6. The molecule has 8 heteroatoms. The van der Waals surface area contributed by atoms with Crippen molar-refractivity contribution in [1.29, 1.82) is 0 Å². The molecule has 1 unspecified atom stereocenters. The second-order valence-electron chi connectivity index (χ2n) is 10.4. The first-order valence-corrected chi connectivity index (χ1v) is 13.5. The quantitative estimate of drug-likeness (QED) is 0.221. The molecule has 0 spiro atoms. The van der Waals surface area contributed by atoms with E-state index in [2.05, 4.69) is 25.6 Å². The Balaban J connectivity index is 1.32. The first-order chi connectivity index (χ1) is 19.4. The van der Waals surface area contributed by atoms with Gasteiger partial charge in [-0.3, -0.25) is 4.79 Å². The van der Waals surface area contributed by atoms with Crippen LogP contribution in [0.4, 0.5) is 4.39 Å². The Bertz CT molecular complexity index is 1640. The topological polar surface area (TPSA) is 103 Å². The van der Waals surface area contributed by atoms with Crippen LogP contribution >= 0.6 is 0 Å². The van der Waals surface area contributed by atoms with E-state index in [1.54, 1.807) is 12.1 Å². The van der Waals surface area contributed by atoms with Crippen LogP contribution in [0, 0.1) is 12.7 Å². The summed E-state index contributed by atoms with van der Waals surface area (Å²) in [5.41, 5.74) is 4.91. The van der Waals surface area contributed by atoms with E-state index >= 15 is 0 Å². The Morgan fingerprint density at radius 2 is 1.80 bits per heavy atom. The number of phenols is 1. The highest BCUT2D eigenvalue weighted by Gasteiger charge is 2.24. The van der Waals surface area contributed by atoms with Crippen molar-refractivity contribution in [2.24, 2.45) is 0 Å². The number of carbonyl (C=O) groups excluding carboxylic acids is 1. The number of amides is 1. The summed E-state index contributed by atoms with van der Waals surface area (Å²) >= 11 is 0. The number of benzene rings is 3. The number of para-hydroxylation sites is 1. The van der Waals surface area contributed by atoms with Gasteiger partial charge in [-0.15, -0.1) is 0 Å². The van der Waals surface area contributed by atoms with Gasteiger partial charge >= 0.3 is 0 Å². The van der Waals surface area contributed by atoms with Gasteiger partial charge in [-0.25, -0.2) is 14.4 Å². The lowest BCUT2D eigenvalue weighted by Crippen LogP contribution is -2.30. The van der Waals surface area contributed by atoms with Crippen molar-refractivity contribution in [1.82, 2.24) is 25.6 Å². The van der Waals surface area contributed by atoms with E-state index in [-0.39, 0.29) is 17.2 Å². The highest BCUT2D eigenvalue weighted by Crippen LogP contribution is 2.32. The molecule has 5 aromatic rings. The van der Waals surface area contributed by atoms with Crippen LogP contribution in [0.25, 0.3) is 22.3 Å². The maximum atomic E-state index is 14.3. The maximum Gasteiger partial charge on any atom is 0.252 e. The number of fused-ring (bicyclic) bond motifs is 1. The van der Waals surface area contributed by atoms with Gasteiger partial charge in [0, 0.05) is 40.3 Å². The summed E-state index contributed by atoms with van der Waals surface area (Å²) < 4.78 is 14.3. The lowest BCUT2D eigenvalue weighted by molar-refractivity contribution is 0.0942. The minimum Gasteiger partial charge on any atom is -0.508 e. The van der Waals surface area contributed by atoms with Gasteiger partial charge in [-0.2, -0.15) is 0 Å². The number of aryl methyl sites for hydroxylation is 1. The number of hydrogen-bond donors (Lipinski definition) is 4. The van der Waals surface area contributed by atoms with Gasteiger partial charge in [0.25, 0.3) is 5.91 Å². The molecule has 1 amide bonds. The Morgan fingerprint density at radius 3 is 2.58 bits per heavy atom. The molecule has 3 heterocycles. The van der Waals surface area contributed by atoms with Crippen LogP contribution in [-0.4, -0.2) is 39.1 Å². The average Bonchev–Trinajstić information content (AvgIpc) is 3.41. The Kier molecular flexibility index (Phi) is 7.00. The Hall–Kier alpha value is -4.56. The molecule has 2 aromatic heterocycles. The summed E-state index contributed by atoms with van der Waals surface area (Å²) in [6.07, 6.45) is 5.91. The number of rotatable bonds is 6. The van der Waals surface area contributed by atoms with E-state index in [1.807, 2.05) is 55.7 Å². The van der Waals surface area contributed by atoms with Crippen molar-refractivity contribution < 1.29 is 14.3 Å². The molecular weight excluding hydrogens is 505 g/mol. The van der Waals surface area contributed by atoms with Gasteiger partial charge in [0.1, 0.15) is 11.6 Å². The van der Waals surface area contributed by atoms with Gasteiger partial charge in [0.05, 0.1) is 6.04 Å². The van der Waals surface area contributed by atoms with E-state index in [0.29, 0.717) is 23.0 Å². The van der Waals surface area contributed by atoms with Crippen LogP contribution in [0.2, 0.25) is 0 Å². The molecule has 1 aliphatic heterocycles. The van der Waals surface area contributed by atoms with E-state index in [1.165, 1.54) is 18.2 Å². The number of nitrogens with zero attached hydrogens (tertiary/aromatic N) is 2. The van der Waals surface area contributed by atoms with Crippen molar-refractivity contribution >= 4 is 16.8 Å². The summed E-state index contributed by atoms with van der Waals surface area (Å²) in [4.78, 5) is 26.2. The zero-order valence-corrected chi connectivity index (χ0v) is 22.1. The van der Waals surface area contributed by atoms with Gasteiger partial charge in [-0.1, -0.05) is 18.2 Å². The van der Waals surface area contributed by atoms with Crippen molar-refractivity contribution in [3.05, 3.63) is 113 Å². The third-order valence-electron chi connectivity index (χ3n) is 7.52. The molecule has 1 fully saturated rings. The summed E-state index contributed by atoms with van der Waals surface area (Å²) in [7, 11) is 0. The highest BCUT2D eigenvalue weighted by molar-refractivity contribution is 5.96. The number of H-pyrrole nitrogens is 1. The molecule has 3 aromatic carbocycles. The standard InChI is InChI=1S/C32H30FN5O2/c1-19-12-22(31-35-17-24(18-36-31)20-8-10-34-11-9-20)14-23(13-19)32(40)38-30(26-16-25(33)6-7-29(26)39)28-15-21-4-2-3-5-27(21)37-28/h2-7,12-18,20,30,34,37,39H,8-11H2,1H3,(H,38,40). The lowest BCUT2D eigenvalue weighted by Gasteiger charge is -2.22. The third kappa shape index (κ3) is 5.31. The van der Waals surface area contributed by atoms with Crippen LogP contribution in [0.15, 0.2) is 79.1 Å². The van der Waals surface area contributed by atoms with Gasteiger partial charge < -0.3 is 20.7 Å². The monoisotopic (exact) mass is 535 g/mol. The normalized spacial score (nSPS) is 14.8. The molecule has 1 saturated heterocycles. The number of phenolic OH excluding ortho intramolecular Hbond substituents is 1. The average molecular weight is 536 g/mol. The fourth-order valence-corrected chi connectivity index (χ4v) is 5.44. The summed E-state index contributed by atoms with van der Waals surface area (Å²) in [6.45, 7) is 3.91. The van der Waals surface area contributed by atoms with Crippen molar-refractivity contribution in [2.45, 2.75) is 31.7 Å². The zero-order valence-electron chi connectivity index (χ0n) is 22.1. The molecule has 6 rings (SSSR count). The molecule has 40 heavy (non-hydrogen) atoms. The minimum absolute atomic E-state index is 0.113. The fraction of sp³-hybridized carbons (Fsp3) is 0.219. The number of aromatic amines is 1. The molecule has 1 aliphatic rings. The smallest absolute Gasteiger partial charge is 0.252 e. The van der Waals surface area contributed by atoms with Gasteiger partial charge in [0.2, 0.25) is 0 Å². The number of aromatic nitrogens is 3. The first-order valence-electron chi connectivity index (χ1n) is 13.5. The van der Waals surface area contributed by atoms with Crippen LogP contribution in [0.5, 0.6) is 5.75 Å². The minimum atomic E-state index is -0.819. The number of carbonyl (C=O) groups is 1. The number of nitrogens with one attached hydrogen (secondary N) is 3. The van der Waals surface area contributed by atoms with E-state index in [9.17, 15) is 14.3 Å². The lowest BCUT2D eigenvalue weighted by atomic mass is 9.92. The second-order valence-corrected chi connectivity index (χ2v) is 10.4. The molecule has 4 N–H and O–H groups in total. The Labute approximate surface area is 231 Å². The summed E-state index contributed by atoms with van der Waals surface area (Å²) in [6, 6.07) is 18.0. The number of piperidine rings is 1. The number of aromatic hydroxyl groups is 1. The number of hydrogen-bond acceptors (Lipinski definition) is 5. The molecule has 0 aliphatic carbocycles. The Morgan fingerprint density at radius 1 is 1.02 bits per heavy atom. The van der Waals surface area contributed by atoms with Crippen LogP contribution < -0.4 is 10.6 Å². The molecule has 0 bridgehead atoms. The second kappa shape index (κ2) is 10.9. The number of halogens is 1. The summed E-state index contributed by atoms with van der Waals surface area (Å²) in [5, 5.41) is 18.0. The predicted octanol–water partition coefficient (Wildman–Crippen LogP) is 5.76. The van der Waals surface area contributed by atoms with Crippen LogP contribution in [0.1, 0.15) is 57.5 Å². The maximum absolute atomic E-state index is 14.3. The first kappa shape index (κ1) is 25.7. The van der Waals surface area contributed by atoms with Gasteiger partial charge in [-0.05, 0) is 104 Å². The van der Waals surface area contributed by atoms with E-state index in [0.717, 1.165) is 53.5 Å². The molecule has 0 radical (unpaired) electrons. The highest BCUT2D eigenvalue weighted by atomic mass is 19.1. The summed E-state index contributed by atoms with van der Waals surface area (Å²) in [5.74, 6) is 0.00698. The van der Waals surface area contributed by atoms with Crippen LogP contribution in [0.3, 0.4) is 0 Å². The van der Waals surface area contributed by atoms with E-state index in [4.69, 9.17) is 0 Å².